The number of rotatable bonds is 3. The highest BCUT2D eigenvalue weighted by atomic mass is 19.1. The van der Waals surface area contributed by atoms with E-state index in [2.05, 4.69) is 6.58 Å². The van der Waals surface area contributed by atoms with Crippen LogP contribution in [-0.4, -0.2) is 5.78 Å². The van der Waals surface area contributed by atoms with E-state index in [0.29, 0.717) is 5.57 Å². The Kier molecular flexibility index (Phi) is 3.35. The van der Waals surface area contributed by atoms with Crippen LogP contribution in [0.1, 0.15) is 29.3 Å². The smallest absolute Gasteiger partial charge is 0.169 e. The predicted octanol–water partition coefficient (Wildman–Crippen LogP) is 3.42. The molecule has 0 saturated carbocycles. The molecule has 0 spiro atoms. The number of allylic oxidation sites excluding steroid dienone is 1. The fourth-order valence-electron chi connectivity index (χ4n) is 1.24. The number of Topliss-reactive ketones (excluding diaryl/α,β-unsaturated/α-hetero) is 1. The van der Waals surface area contributed by atoms with E-state index in [-0.39, 0.29) is 23.3 Å². The van der Waals surface area contributed by atoms with Crippen LogP contribution in [0.25, 0.3) is 0 Å². The summed E-state index contributed by atoms with van der Waals surface area (Å²) in [5, 5.41) is 0. The lowest BCUT2D eigenvalue weighted by Crippen LogP contribution is -2.04. The first-order valence-electron chi connectivity index (χ1n) is 4.55. The van der Waals surface area contributed by atoms with Gasteiger partial charge in [0, 0.05) is 12.5 Å². The second-order valence-electron chi connectivity index (χ2n) is 3.64. The van der Waals surface area contributed by atoms with Crippen molar-refractivity contribution in [2.75, 3.05) is 0 Å². The van der Waals surface area contributed by atoms with Gasteiger partial charge in [0.05, 0.1) is 5.56 Å². The van der Waals surface area contributed by atoms with Crippen LogP contribution >= 0.6 is 0 Å². The summed E-state index contributed by atoms with van der Waals surface area (Å²) in [7, 11) is 0. The molecule has 1 rings (SSSR count). The first-order chi connectivity index (χ1) is 6.91. The number of carbonyl (C=O) groups excluding carboxylic acids is 1. The molecule has 0 atom stereocenters. The van der Waals surface area contributed by atoms with E-state index in [4.69, 9.17) is 0 Å². The van der Waals surface area contributed by atoms with Crippen LogP contribution in [0.2, 0.25) is 0 Å². The van der Waals surface area contributed by atoms with Gasteiger partial charge in [0.2, 0.25) is 0 Å². The van der Waals surface area contributed by atoms with E-state index >= 15 is 0 Å². The molecule has 0 aliphatic rings. The Labute approximate surface area is 87.4 Å². The van der Waals surface area contributed by atoms with Crippen molar-refractivity contribution in [2.45, 2.75) is 20.3 Å². The molecule has 3 heteroatoms. The van der Waals surface area contributed by atoms with Crippen molar-refractivity contribution in [1.29, 1.82) is 0 Å². The second-order valence-corrected chi connectivity index (χ2v) is 3.64. The largest absolute Gasteiger partial charge is 0.294 e. The summed E-state index contributed by atoms with van der Waals surface area (Å²) in [6.45, 7) is 6.75. The number of ketones is 1. The van der Waals surface area contributed by atoms with Crippen molar-refractivity contribution in [1.82, 2.24) is 0 Å². The molecular weight excluding hydrogens is 198 g/mol. The molecule has 15 heavy (non-hydrogen) atoms. The Hall–Kier alpha value is -1.51. The van der Waals surface area contributed by atoms with E-state index < -0.39 is 11.6 Å². The lowest BCUT2D eigenvalue weighted by atomic mass is 10.0. The Morgan fingerprint density at radius 2 is 1.93 bits per heavy atom. The van der Waals surface area contributed by atoms with E-state index in [1.807, 2.05) is 0 Å². The third-order valence-corrected chi connectivity index (χ3v) is 2.01. The molecule has 0 unspecified atom stereocenters. The first-order valence-corrected chi connectivity index (χ1v) is 4.55. The third-order valence-electron chi connectivity index (χ3n) is 2.01. The van der Waals surface area contributed by atoms with Gasteiger partial charge in [0.25, 0.3) is 0 Å². The molecule has 0 aromatic heterocycles. The minimum Gasteiger partial charge on any atom is -0.294 e. The molecule has 0 radical (unpaired) electrons. The molecule has 0 saturated heterocycles. The van der Waals surface area contributed by atoms with E-state index in [0.717, 1.165) is 6.07 Å². The van der Waals surface area contributed by atoms with Gasteiger partial charge in [-0.05, 0) is 25.5 Å². The minimum absolute atomic E-state index is 0.0723. The molecular formula is C12H12F2O. The molecule has 0 N–H and O–H groups in total. The quantitative estimate of drug-likeness (QED) is 0.551. The number of aryl methyl sites for hydroxylation is 1. The van der Waals surface area contributed by atoms with E-state index in [1.54, 1.807) is 6.92 Å². The highest BCUT2D eigenvalue weighted by Crippen LogP contribution is 2.17. The maximum atomic E-state index is 13.2. The molecule has 1 aromatic carbocycles. The van der Waals surface area contributed by atoms with Crippen LogP contribution in [0.3, 0.4) is 0 Å². The predicted molar refractivity (Wildman–Crippen MR) is 54.9 cm³/mol. The summed E-state index contributed by atoms with van der Waals surface area (Å²) >= 11 is 0. The Morgan fingerprint density at radius 1 is 1.33 bits per heavy atom. The molecule has 0 heterocycles. The maximum absolute atomic E-state index is 13.2. The van der Waals surface area contributed by atoms with Crippen LogP contribution in [0.4, 0.5) is 8.78 Å². The van der Waals surface area contributed by atoms with Crippen molar-refractivity contribution in [2.24, 2.45) is 0 Å². The molecule has 0 fully saturated rings. The Bertz CT molecular complexity index is 422. The number of halogens is 2. The van der Waals surface area contributed by atoms with Crippen LogP contribution in [0.15, 0.2) is 24.3 Å². The van der Waals surface area contributed by atoms with Crippen molar-refractivity contribution < 1.29 is 13.6 Å². The molecule has 80 valence electrons. The number of benzene rings is 1. The summed E-state index contributed by atoms with van der Waals surface area (Å²) in [5.74, 6) is -1.83. The fraction of sp³-hybridized carbons (Fsp3) is 0.250. The van der Waals surface area contributed by atoms with E-state index in [9.17, 15) is 13.6 Å². The topological polar surface area (TPSA) is 17.1 Å². The first kappa shape index (κ1) is 11.6. The van der Waals surface area contributed by atoms with Gasteiger partial charge in [0.1, 0.15) is 11.6 Å². The van der Waals surface area contributed by atoms with Gasteiger partial charge in [-0.15, -0.1) is 0 Å². The van der Waals surface area contributed by atoms with Gasteiger partial charge in [-0.2, -0.15) is 0 Å². The van der Waals surface area contributed by atoms with Crippen molar-refractivity contribution in [3.8, 4) is 0 Å². The number of carbonyl (C=O) groups is 1. The second kappa shape index (κ2) is 4.34. The zero-order chi connectivity index (χ0) is 11.6. The zero-order valence-electron chi connectivity index (χ0n) is 8.73. The van der Waals surface area contributed by atoms with Gasteiger partial charge in [-0.3, -0.25) is 4.79 Å². The Balaban J connectivity index is 3.09. The normalized spacial score (nSPS) is 10.1. The summed E-state index contributed by atoms with van der Waals surface area (Å²) in [6.07, 6.45) is 0.0853. The summed E-state index contributed by atoms with van der Waals surface area (Å²) in [4.78, 5) is 11.5. The standard InChI is InChI=1S/C12H12F2O/c1-7(2)4-12(15)9-5-8(3)10(13)6-11(9)14/h5-6H,1,4H2,2-3H3. The average molecular weight is 210 g/mol. The maximum Gasteiger partial charge on any atom is 0.169 e. The van der Waals surface area contributed by atoms with Gasteiger partial charge in [0.15, 0.2) is 5.78 Å². The Morgan fingerprint density at radius 3 is 2.47 bits per heavy atom. The summed E-state index contributed by atoms with van der Waals surface area (Å²) in [5.41, 5.74) is 0.847. The highest BCUT2D eigenvalue weighted by Gasteiger charge is 2.14. The zero-order valence-corrected chi connectivity index (χ0v) is 8.73. The van der Waals surface area contributed by atoms with Crippen molar-refractivity contribution in [3.63, 3.8) is 0 Å². The third kappa shape index (κ3) is 2.72. The molecule has 1 nitrogen and oxygen atoms in total. The van der Waals surface area contributed by atoms with E-state index in [1.165, 1.54) is 13.0 Å². The van der Waals surface area contributed by atoms with Gasteiger partial charge in [-0.1, -0.05) is 12.2 Å². The molecule has 0 bridgehead atoms. The van der Waals surface area contributed by atoms with Crippen LogP contribution in [-0.2, 0) is 0 Å². The summed E-state index contributed by atoms with van der Waals surface area (Å²) in [6, 6.07) is 1.97. The molecule has 0 amide bonds. The highest BCUT2D eigenvalue weighted by molar-refractivity contribution is 5.97. The van der Waals surface area contributed by atoms with Crippen LogP contribution in [0, 0.1) is 18.6 Å². The molecule has 1 aromatic rings. The van der Waals surface area contributed by atoms with Crippen LogP contribution in [0.5, 0.6) is 0 Å². The van der Waals surface area contributed by atoms with Crippen molar-refractivity contribution in [3.05, 3.63) is 47.0 Å². The minimum atomic E-state index is -0.815. The SMILES string of the molecule is C=C(C)CC(=O)c1cc(C)c(F)cc1F. The van der Waals surface area contributed by atoms with Gasteiger partial charge in [-0.25, -0.2) is 8.78 Å². The summed E-state index contributed by atoms with van der Waals surface area (Å²) < 4.78 is 26.2. The molecule has 0 aliphatic carbocycles. The lowest BCUT2D eigenvalue weighted by molar-refractivity contribution is 0.0989. The van der Waals surface area contributed by atoms with Crippen molar-refractivity contribution >= 4 is 5.78 Å². The van der Waals surface area contributed by atoms with Gasteiger partial charge < -0.3 is 0 Å². The van der Waals surface area contributed by atoms with Crippen LogP contribution < -0.4 is 0 Å². The average Bonchev–Trinajstić information content (AvgIpc) is 2.09. The monoisotopic (exact) mass is 210 g/mol. The number of hydrogen-bond donors (Lipinski definition) is 0. The number of hydrogen-bond acceptors (Lipinski definition) is 1. The fourth-order valence-corrected chi connectivity index (χ4v) is 1.24. The van der Waals surface area contributed by atoms with Gasteiger partial charge >= 0.3 is 0 Å². The molecule has 0 aliphatic heterocycles. The lowest BCUT2D eigenvalue weighted by Gasteiger charge is -2.04.